The summed E-state index contributed by atoms with van der Waals surface area (Å²) < 4.78 is 0. The second kappa shape index (κ2) is 20.8. The van der Waals surface area contributed by atoms with Gasteiger partial charge in [0.2, 0.25) is 0 Å². The molecule has 2 aliphatic heterocycles. The summed E-state index contributed by atoms with van der Waals surface area (Å²) >= 11 is 8.93. The van der Waals surface area contributed by atoms with Crippen LogP contribution in [-0.2, 0) is 0 Å². The summed E-state index contributed by atoms with van der Waals surface area (Å²) in [6.45, 7) is 12.1. The first-order valence-corrected chi connectivity index (χ1v) is 13.7. The molecule has 2 heterocycles. The van der Waals surface area contributed by atoms with E-state index < -0.39 is 0 Å². The van der Waals surface area contributed by atoms with Gasteiger partial charge in [-0.2, -0.15) is 10.2 Å². The lowest BCUT2D eigenvalue weighted by atomic mass is 10.1. The van der Waals surface area contributed by atoms with Crippen molar-refractivity contribution >= 4 is 69.3 Å². The minimum Gasteiger partial charge on any atom is -0.400 e. The Morgan fingerprint density at radius 1 is 1.10 bits per heavy atom. The van der Waals surface area contributed by atoms with Crippen LogP contribution in [0.4, 0.5) is 0 Å². The molecule has 0 radical (unpaired) electrons. The zero-order valence-corrected chi connectivity index (χ0v) is 22.7. The van der Waals surface area contributed by atoms with Crippen molar-refractivity contribution < 1.29 is 5.11 Å². The number of hydrazone groups is 2. The number of halogens is 1. The third-order valence-electron chi connectivity index (χ3n) is 3.96. The van der Waals surface area contributed by atoms with E-state index in [4.69, 9.17) is 17.3 Å². The van der Waals surface area contributed by atoms with Gasteiger partial charge in [-0.05, 0) is 50.1 Å². The van der Waals surface area contributed by atoms with E-state index in [0.717, 1.165) is 56.4 Å². The lowest BCUT2D eigenvalue weighted by Gasteiger charge is -2.16. The van der Waals surface area contributed by atoms with Crippen LogP contribution in [0, 0.1) is 11.8 Å². The van der Waals surface area contributed by atoms with Gasteiger partial charge in [0.05, 0.1) is 13.1 Å². The molecule has 0 spiro atoms. The summed E-state index contributed by atoms with van der Waals surface area (Å²) in [6, 6.07) is 0. The van der Waals surface area contributed by atoms with Crippen molar-refractivity contribution in [3.63, 3.8) is 0 Å². The number of hydrogen-bond acceptors (Lipinski definition) is 6. The molecule has 0 fully saturated rings. The summed E-state index contributed by atoms with van der Waals surface area (Å²) in [5, 5.41) is 24.3. The normalized spacial score (nSPS) is 19.6. The third-order valence-corrected chi connectivity index (χ3v) is 5.02. The topological polar surface area (TPSA) is 75.8 Å². The van der Waals surface area contributed by atoms with Crippen LogP contribution in [0.2, 0.25) is 0 Å². The number of thioether (sulfide) groups is 1. The van der Waals surface area contributed by atoms with Crippen molar-refractivity contribution in [1.82, 2.24) is 15.3 Å². The summed E-state index contributed by atoms with van der Waals surface area (Å²) in [4.78, 5) is 6.36. The van der Waals surface area contributed by atoms with Crippen LogP contribution >= 0.6 is 46.6 Å². The van der Waals surface area contributed by atoms with Gasteiger partial charge < -0.3 is 10.4 Å². The zero-order chi connectivity index (χ0) is 22.7. The molecule has 7 nitrogen and oxygen atoms in total. The molecule has 10 heteroatoms. The molecule has 2 aliphatic rings. The van der Waals surface area contributed by atoms with Crippen LogP contribution < -0.4 is 5.32 Å². The molecule has 170 valence electrons. The highest BCUT2D eigenvalue weighted by molar-refractivity contribution is 14.1. The fraction of sp³-hybridized carbons (Fsp3) is 0.789. The Morgan fingerprint density at radius 3 is 1.97 bits per heavy atom. The van der Waals surface area contributed by atoms with Gasteiger partial charge in [-0.25, -0.2) is 10.0 Å². The highest BCUT2D eigenvalue weighted by Gasteiger charge is 2.19. The van der Waals surface area contributed by atoms with Crippen molar-refractivity contribution in [2.45, 2.75) is 40.5 Å². The van der Waals surface area contributed by atoms with Crippen LogP contribution in [0.25, 0.3) is 0 Å². The average molecular weight is 559 g/mol. The quantitative estimate of drug-likeness (QED) is 0.179. The molecule has 0 bridgehead atoms. The van der Waals surface area contributed by atoms with Crippen molar-refractivity contribution in [1.29, 1.82) is 0 Å². The summed E-state index contributed by atoms with van der Waals surface area (Å²) in [5.74, 6) is 1.18. The van der Waals surface area contributed by atoms with Gasteiger partial charge in [0.25, 0.3) is 0 Å². The Kier molecular flexibility index (Phi) is 22.0. The Labute approximate surface area is 201 Å². The number of aliphatic hydroxyl groups excluding tert-OH is 1. The van der Waals surface area contributed by atoms with Crippen molar-refractivity contribution in [3.05, 3.63) is 0 Å². The lowest BCUT2D eigenvalue weighted by molar-refractivity contribution is 0.399. The van der Waals surface area contributed by atoms with Crippen LogP contribution in [-0.4, -0.2) is 82.3 Å². The minimum absolute atomic E-state index is 0.571. The fourth-order valence-corrected chi connectivity index (χ4v) is 3.20. The van der Waals surface area contributed by atoms with E-state index in [1.165, 1.54) is 0 Å². The largest absolute Gasteiger partial charge is 0.400 e. The van der Waals surface area contributed by atoms with E-state index in [1.54, 1.807) is 11.8 Å². The molecule has 0 saturated heterocycles. The number of rotatable bonds is 4. The molecule has 0 aliphatic carbocycles. The molecular formula is C19H39IN6OS2. The minimum atomic E-state index is 0.571. The number of alkyl halides is 1. The van der Waals surface area contributed by atoms with E-state index in [2.05, 4.69) is 57.0 Å². The highest BCUT2D eigenvalue weighted by Crippen LogP contribution is 2.15. The standard InChI is InChI=1S/C9H17N3S.C8H15N3S.CH3I.CH4O/c1-4-8-6-11-12(7-8)9(13-3)10-5-2;1-3-7-5-10-11(6-7)8(12)9-4-2;2*1-2/h6,8H,4-5,7H2,1-3H3;5,7H,3-4,6H2,1-2H3,(H,9,12);1H3;2H,1H3. The Hall–Kier alpha value is -0.460. The fourth-order valence-electron chi connectivity index (χ4n) is 2.34. The first-order chi connectivity index (χ1) is 14.1. The molecule has 2 atom stereocenters. The molecule has 0 aromatic carbocycles. The molecule has 2 rings (SSSR count). The van der Waals surface area contributed by atoms with Crippen LogP contribution in [0.1, 0.15) is 40.5 Å². The maximum absolute atomic E-state index is 7.00. The monoisotopic (exact) mass is 558 g/mol. The van der Waals surface area contributed by atoms with Crippen LogP contribution in [0.15, 0.2) is 15.2 Å². The number of hydrogen-bond donors (Lipinski definition) is 2. The number of aliphatic hydroxyl groups is 1. The van der Waals surface area contributed by atoms with Gasteiger partial charge >= 0.3 is 0 Å². The predicted octanol–water partition coefficient (Wildman–Crippen LogP) is 3.92. The number of thiocarbonyl (C=S) groups is 1. The number of aliphatic imine (C=N–C) groups is 1. The van der Waals surface area contributed by atoms with Gasteiger partial charge in [-0.1, -0.05) is 48.2 Å². The highest BCUT2D eigenvalue weighted by atomic mass is 127. The summed E-state index contributed by atoms with van der Waals surface area (Å²) in [7, 11) is 1.00. The van der Waals surface area contributed by atoms with Gasteiger partial charge in [0.15, 0.2) is 10.3 Å². The number of nitrogens with zero attached hydrogens (tertiary/aromatic N) is 5. The van der Waals surface area contributed by atoms with E-state index in [9.17, 15) is 0 Å². The van der Waals surface area contributed by atoms with Crippen molar-refractivity contribution in [3.8, 4) is 0 Å². The van der Waals surface area contributed by atoms with Crippen LogP contribution in [0.3, 0.4) is 0 Å². The van der Waals surface area contributed by atoms with Gasteiger partial charge in [-0.15, -0.1) is 0 Å². The maximum atomic E-state index is 7.00. The SMILES string of the molecule is CCN=C(SC)N1CC(CC)C=N1.CCNC(=S)N1CC(CC)C=N1.CI.CO. The molecule has 2 unspecified atom stereocenters. The number of amidine groups is 1. The predicted molar refractivity (Wildman–Crippen MR) is 144 cm³/mol. The molecule has 0 aromatic rings. The molecule has 0 amide bonds. The first-order valence-electron chi connectivity index (χ1n) is 9.91. The smallest absolute Gasteiger partial charge is 0.189 e. The zero-order valence-electron chi connectivity index (χ0n) is 18.9. The van der Waals surface area contributed by atoms with E-state index in [0.29, 0.717) is 11.8 Å². The molecule has 0 aromatic heterocycles. The second-order valence-corrected chi connectivity index (χ2v) is 6.99. The summed E-state index contributed by atoms with van der Waals surface area (Å²) in [6.07, 6.45) is 8.34. The van der Waals surface area contributed by atoms with Crippen molar-refractivity contribution in [2.24, 2.45) is 27.0 Å². The molecular weight excluding hydrogens is 519 g/mol. The van der Waals surface area contributed by atoms with Gasteiger partial charge in [0.1, 0.15) is 0 Å². The Bertz CT molecular complexity index is 505. The van der Waals surface area contributed by atoms with Crippen LogP contribution in [0.5, 0.6) is 0 Å². The molecule has 2 N–H and O–H groups in total. The molecule has 29 heavy (non-hydrogen) atoms. The van der Waals surface area contributed by atoms with E-state index in [1.807, 2.05) is 47.5 Å². The second-order valence-electron chi connectivity index (χ2n) is 5.83. The van der Waals surface area contributed by atoms with Crippen molar-refractivity contribution in [2.75, 3.05) is 44.5 Å². The maximum Gasteiger partial charge on any atom is 0.189 e. The lowest BCUT2D eigenvalue weighted by Crippen LogP contribution is -2.35. The Morgan fingerprint density at radius 2 is 1.59 bits per heavy atom. The number of nitrogens with one attached hydrogen (secondary N) is 1. The third kappa shape index (κ3) is 12.7. The van der Waals surface area contributed by atoms with Gasteiger partial charge in [-0.3, -0.25) is 4.99 Å². The average Bonchev–Trinajstić information content (AvgIpc) is 3.45. The Balaban J connectivity index is 0. The van der Waals surface area contributed by atoms with Gasteiger partial charge in [0, 0.05) is 44.5 Å². The molecule has 0 saturated carbocycles. The van der Waals surface area contributed by atoms with E-state index in [-0.39, 0.29) is 0 Å². The van der Waals surface area contributed by atoms with E-state index >= 15 is 0 Å². The first kappa shape index (κ1) is 30.7. The summed E-state index contributed by atoms with van der Waals surface area (Å²) in [5.41, 5.74) is 0.